The fraction of sp³-hybridized carbons (Fsp3) is 0.786. The highest BCUT2D eigenvalue weighted by atomic mass is 16.6. The Kier molecular flexibility index (Phi) is 6.45. The van der Waals surface area contributed by atoms with Crippen LogP contribution in [0.2, 0.25) is 0 Å². The van der Waals surface area contributed by atoms with E-state index in [0.717, 1.165) is 12.8 Å². The van der Waals surface area contributed by atoms with Crippen molar-refractivity contribution in [2.24, 2.45) is 0 Å². The van der Waals surface area contributed by atoms with Crippen molar-refractivity contribution < 1.29 is 19.1 Å². The second kappa shape index (κ2) is 7.85. The summed E-state index contributed by atoms with van der Waals surface area (Å²) < 4.78 is 5.07. The fourth-order valence-corrected chi connectivity index (χ4v) is 1.99. The van der Waals surface area contributed by atoms with Crippen LogP contribution in [0.5, 0.6) is 0 Å². The van der Waals surface area contributed by atoms with E-state index < -0.39 is 11.7 Å². The monoisotopic (exact) mass is 299 g/mol. The number of nitrogens with one attached hydrogen (secondary N) is 3. The lowest BCUT2D eigenvalue weighted by atomic mass is 10.1. The van der Waals surface area contributed by atoms with Crippen molar-refractivity contribution in [1.29, 1.82) is 0 Å². The van der Waals surface area contributed by atoms with E-state index in [1.807, 2.05) is 0 Å². The number of hydrogen-bond acceptors (Lipinski definition) is 4. The van der Waals surface area contributed by atoms with Gasteiger partial charge in [-0.05, 0) is 33.6 Å². The summed E-state index contributed by atoms with van der Waals surface area (Å²) in [6, 6.07) is -0.124. The molecule has 1 saturated heterocycles. The molecular weight excluding hydrogens is 274 g/mol. The third-order valence-corrected chi connectivity index (χ3v) is 2.87. The molecule has 3 N–H and O–H groups in total. The SMILES string of the molecule is CC(C)(C)OC(=O)NCCC(=O)NC1CCCNC(=O)C1. The quantitative estimate of drug-likeness (QED) is 0.711. The van der Waals surface area contributed by atoms with Crippen molar-refractivity contribution in [3.63, 3.8) is 0 Å². The molecule has 1 unspecified atom stereocenters. The lowest BCUT2D eigenvalue weighted by Gasteiger charge is -2.20. The normalized spacial score (nSPS) is 19.2. The number of carbonyl (C=O) groups is 3. The first-order valence-corrected chi connectivity index (χ1v) is 7.29. The van der Waals surface area contributed by atoms with Gasteiger partial charge in [-0.15, -0.1) is 0 Å². The molecule has 120 valence electrons. The summed E-state index contributed by atoms with van der Waals surface area (Å²) in [5, 5.41) is 8.11. The number of alkyl carbamates (subject to hydrolysis) is 1. The van der Waals surface area contributed by atoms with Gasteiger partial charge in [0.25, 0.3) is 0 Å². The maximum absolute atomic E-state index is 11.8. The van der Waals surface area contributed by atoms with Gasteiger partial charge in [-0.2, -0.15) is 0 Å². The van der Waals surface area contributed by atoms with Crippen LogP contribution in [0.1, 0.15) is 46.5 Å². The van der Waals surface area contributed by atoms with Crippen molar-refractivity contribution in [2.45, 2.75) is 58.1 Å². The summed E-state index contributed by atoms with van der Waals surface area (Å²) in [7, 11) is 0. The second-order valence-electron chi connectivity index (χ2n) is 6.14. The number of rotatable bonds is 4. The highest BCUT2D eigenvalue weighted by Crippen LogP contribution is 2.07. The maximum atomic E-state index is 11.8. The van der Waals surface area contributed by atoms with Gasteiger partial charge in [-0.25, -0.2) is 4.79 Å². The zero-order chi connectivity index (χ0) is 15.9. The smallest absolute Gasteiger partial charge is 0.407 e. The Bertz CT molecular complexity index is 390. The van der Waals surface area contributed by atoms with E-state index in [1.54, 1.807) is 20.8 Å². The van der Waals surface area contributed by atoms with E-state index in [9.17, 15) is 14.4 Å². The van der Waals surface area contributed by atoms with E-state index in [0.29, 0.717) is 13.0 Å². The minimum Gasteiger partial charge on any atom is -0.444 e. The predicted molar refractivity (Wildman–Crippen MR) is 77.6 cm³/mol. The predicted octanol–water partition coefficient (Wildman–Crippen LogP) is 0.686. The van der Waals surface area contributed by atoms with E-state index in [1.165, 1.54) is 0 Å². The molecule has 0 radical (unpaired) electrons. The van der Waals surface area contributed by atoms with Gasteiger partial charge in [-0.3, -0.25) is 9.59 Å². The van der Waals surface area contributed by atoms with E-state index in [-0.39, 0.29) is 30.8 Å². The van der Waals surface area contributed by atoms with Crippen molar-refractivity contribution >= 4 is 17.9 Å². The number of amides is 3. The molecule has 0 aromatic carbocycles. The first-order chi connectivity index (χ1) is 9.76. The summed E-state index contributed by atoms with van der Waals surface area (Å²) >= 11 is 0. The fourth-order valence-electron chi connectivity index (χ4n) is 1.99. The van der Waals surface area contributed by atoms with Crippen molar-refractivity contribution in [1.82, 2.24) is 16.0 Å². The molecular formula is C14H25N3O4. The lowest BCUT2D eigenvalue weighted by Crippen LogP contribution is -2.39. The molecule has 7 heteroatoms. The van der Waals surface area contributed by atoms with Gasteiger partial charge >= 0.3 is 6.09 Å². The number of ether oxygens (including phenoxy) is 1. The van der Waals surface area contributed by atoms with Gasteiger partial charge in [0.15, 0.2) is 0 Å². The van der Waals surface area contributed by atoms with Gasteiger partial charge in [0.1, 0.15) is 5.60 Å². The molecule has 0 aromatic rings. The van der Waals surface area contributed by atoms with Crippen LogP contribution >= 0.6 is 0 Å². The molecule has 0 aromatic heterocycles. The molecule has 1 atom stereocenters. The Morgan fingerprint density at radius 1 is 1.38 bits per heavy atom. The Morgan fingerprint density at radius 2 is 2.10 bits per heavy atom. The van der Waals surface area contributed by atoms with Gasteiger partial charge in [-0.1, -0.05) is 0 Å². The molecule has 1 rings (SSSR count). The molecule has 0 bridgehead atoms. The first kappa shape index (κ1) is 17.3. The number of hydrogen-bond donors (Lipinski definition) is 3. The summed E-state index contributed by atoms with van der Waals surface area (Å²) in [6.45, 7) is 6.19. The van der Waals surface area contributed by atoms with Crippen LogP contribution < -0.4 is 16.0 Å². The Balaban J connectivity index is 2.21. The second-order valence-corrected chi connectivity index (χ2v) is 6.14. The van der Waals surface area contributed by atoms with Crippen LogP contribution in [0.25, 0.3) is 0 Å². The summed E-state index contributed by atoms with van der Waals surface area (Å²) in [5.74, 6) is -0.213. The Labute approximate surface area is 125 Å². The Hall–Kier alpha value is -1.79. The molecule has 0 aliphatic carbocycles. The van der Waals surface area contributed by atoms with Crippen LogP contribution in [-0.2, 0) is 14.3 Å². The highest BCUT2D eigenvalue weighted by Gasteiger charge is 2.19. The van der Waals surface area contributed by atoms with Gasteiger partial charge in [0, 0.05) is 32.0 Å². The molecule has 1 heterocycles. The average Bonchev–Trinajstić information content (AvgIpc) is 2.51. The molecule has 3 amide bonds. The third-order valence-electron chi connectivity index (χ3n) is 2.87. The van der Waals surface area contributed by atoms with Crippen LogP contribution in [0, 0.1) is 0 Å². The van der Waals surface area contributed by atoms with E-state index in [4.69, 9.17) is 4.74 Å². The summed E-state index contributed by atoms with van der Waals surface area (Å²) in [5.41, 5.74) is -0.556. The Morgan fingerprint density at radius 3 is 2.76 bits per heavy atom. The maximum Gasteiger partial charge on any atom is 0.407 e. The van der Waals surface area contributed by atoms with Gasteiger partial charge in [0.05, 0.1) is 0 Å². The minimum atomic E-state index is -0.556. The molecule has 0 spiro atoms. The van der Waals surface area contributed by atoms with Crippen LogP contribution in [0.15, 0.2) is 0 Å². The molecule has 0 saturated carbocycles. The van der Waals surface area contributed by atoms with Gasteiger partial charge < -0.3 is 20.7 Å². The standard InChI is InChI=1S/C14H25N3O4/c1-14(2,3)21-13(20)16-8-6-11(18)17-10-5-4-7-15-12(19)9-10/h10H,4-9H2,1-3H3,(H,15,19)(H,16,20)(H,17,18). The molecule has 1 aliphatic heterocycles. The van der Waals surface area contributed by atoms with Gasteiger partial charge in [0.2, 0.25) is 11.8 Å². The minimum absolute atomic E-state index is 0.0373. The van der Waals surface area contributed by atoms with E-state index in [2.05, 4.69) is 16.0 Å². The van der Waals surface area contributed by atoms with Crippen LogP contribution in [-0.4, -0.2) is 42.6 Å². The molecule has 1 fully saturated rings. The van der Waals surface area contributed by atoms with Crippen molar-refractivity contribution in [2.75, 3.05) is 13.1 Å². The van der Waals surface area contributed by atoms with Crippen molar-refractivity contribution in [3.8, 4) is 0 Å². The lowest BCUT2D eigenvalue weighted by molar-refractivity contribution is -0.123. The topological polar surface area (TPSA) is 96.5 Å². The first-order valence-electron chi connectivity index (χ1n) is 7.29. The van der Waals surface area contributed by atoms with Crippen LogP contribution in [0.4, 0.5) is 4.79 Å². The zero-order valence-corrected chi connectivity index (χ0v) is 13.0. The zero-order valence-electron chi connectivity index (χ0n) is 13.0. The summed E-state index contributed by atoms with van der Waals surface area (Å²) in [6.07, 6.45) is 1.57. The van der Waals surface area contributed by atoms with Crippen LogP contribution in [0.3, 0.4) is 0 Å². The highest BCUT2D eigenvalue weighted by molar-refractivity contribution is 5.80. The molecule has 1 aliphatic rings. The largest absolute Gasteiger partial charge is 0.444 e. The van der Waals surface area contributed by atoms with E-state index >= 15 is 0 Å². The molecule has 21 heavy (non-hydrogen) atoms. The van der Waals surface area contributed by atoms with Crippen molar-refractivity contribution in [3.05, 3.63) is 0 Å². The summed E-state index contributed by atoms with van der Waals surface area (Å²) in [4.78, 5) is 34.5. The molecule has 7 nitrogen and oxygen atoms in total. The average molecular weight is 299 g/mol. The third kappa shape index (κ3) is 8.16. The number of carbonyl (C=O) groups excluding carboxylic acids is 3.